The number of carboxylic acid groups (broad SMARTS) is 1. The van der Waals surface area contributed by atoms with Crippen LogP contribution in [0.4, 0.5) is 5.69 Å². The van der Waals surface area contributed by atoms with E-state index in [1.807, 2.05) is 0 Å². The van der Waals surface area contributed by atoms with Crippen LogP contribution in [0.3, 0.4) is 0 Å². The monoisotopic (exact) mass is 260 g/mol. The van der Waals surface area contributed by atoms with Crippen LogP contribution >= 0.6 is 0 Å². The molecule has 0 fully saturated rings. The van der Waals surface area contributed by atoms with Crippen molar-refractivity contribution in [2.45, 2.75) is 6.92 Å². The molecule has 1 rings (SSSR count). The van der Waals surface area contributed by atoms with Crippen LogP contribution in [0.25, 0.3) is 0 Å². The van der Waals surface area contributed by atoms with E-state index in [0.717, 1.165) is 12.1 Å². The fourth-order valence-electron chi connectivity index (χ4n) is 1.15. The SMILES string of the molecule is CCNS(=O)(=O)Nc1ccc(O)c(C(=O)O)c1. The summed E-state index contributed by atoms with van der Waals surface area (Å²) >= 11 is 0. The highest BCUT2D eigenvalue weighted by Crippen LogP contribution is 2.21. The van der Waals surface area contributed by atoms with E-state index in [2.05, 4.69) is 9.44 Å². The first kappa shape index (κ1) is 13.3. The predicted octanol–water partition coefficient (Wildman–Crippen LogP) is 0.357. The fourth-order valence-corrected chi connectivity index (χ4v) is 2.04. The highest BCUT2D eigenvalue weighted by Gasteiger charge is 2.13. The number of carbonyl (C=O) groups is 1. The van der Waals surface area contributed by atoms with Crippen molar-refractivity contribution in [2.24, 2.45) is 0 Å². The third kappa shape index (κ3) is 3.61. The third-order valence-corrected chi connectivity index (χ3v) is 2.99. The zero-order chi connectivity index (χ0) is 13.1. The molecule has 0 aromatic heterocycles. The van der Waals surface area contributed by atoms with E-state index in [0.29, 0.717) is 0 Å². The summed E-state index contributed by atoms with van der Waals surface area (Å²) in [5.41, 5.74) is -0.317. The maximum Gasteiger partial charge on any atom is 0.339 e. The Morgan fingerprint density at radius 2 is 2.06 bits per heavy atom. The maximum absolute atomic E-state index is 11.3. The molecule has 0 aliphatic heterocycles. The van der Waals surface area contributed by atoms with Crippen molar-refractivity contribution < 1.29 is 23.4 Å². The molecule has 4 N–H and O–H groups in total. The summed E-state index contributed by atoms with van der Waals surface area (Å²) < 4.78 is 27.0. The zero-order valence-electron chi connectivity index (χ0n) is 8.97. The first-order valence-electron chi connectivity index (χ1n) is 4.69. The number of aromatic carboxylic acids is 1. The lowest BCUT2D eigenvalue weighted by atomic mass is 10.2. The Bertz CT molecular complexity index is 526. The number of hydrogen-bond donors (Lipinski definition) is 4. The van der Waals surface area contributed by atoms with Gasteiger partial charge in [0.1, 0.15) is 11.3 Å². The molecule has 0 bridgehead atoms. The second kappa shape index (κ2) is 5.02. The van der Waals surface area contributed by atoms with Crippen molar-refractivity contribution in [3.05, 3.63) is 23.8 Å². The minimum Gasteiger partial charge on any atom is -0.507 e. The van der Waals surface area contributed by atoms with Crippen LogP contribution in [-0.2, 0) is 10.2 Å². The number of aromatic hydroxyl groups is 1. The number of anilines is 1. The normalized spacial score (nSPS) is 11.1. The van der Waals surface area contributed by atoms with Crippen LogP contribution in [0.15, 0.2) is 18.2 Å². The molecule has 8 heteroatoms. The van der Waals surface area contributed by atoms with Crippen molar-refractivity contribution >= 4 is 21.9 Å². The van der Waals surface area contributed by atoms with Gasteiger partial charge in [-0.25, -0.2) is 4.79 Å². The highest BCUT2D eigenvalue weighted by molar-refractivity contribution is 7.90. The molecule has 0 spiro atoms. The minimum atomic E-state index is -3.71. The van der Waals surface area contributed by atoms with Crippen LogP contribution in [0.5, 0.6) is 5.75 Å². The molecule has 0 atom stereocenters. The van der Waals surface area contributed by atoms with Gasteiger partial charge in [0.2, 0.25) is 0 Å². The number of benzene rings is 1. The van der Waals surface area contributed by atoms with E-state index in [1.165, 1.54) is 6.07 Å². The molecule has 0 aliphatic rings. The smallest absolute Gasteiger partial charge is 0.339 e. The van der Waals surface area contributed by atoms with Crippen LogP contribution in [-0.4, -0.2) is 31.1 Å². The number of nitrogens with one attached hydrogen (secondary N) is 2. The molecule has 0 heterocycles. The first-order chi connectivity index (χ1) is 7.85. The molecule has 0 radical (unpaired) electrons. The lowest BCUT2D eigenvalue weighted by molar-refractivity contribution is 0.0694. The summed E-state index contributed by atoms with van der Waals surface area (Å²) in [7, 11) is -3.71. The molecular formula is C9H12N2O5S. The number of hydrogen-bond acceptors (Lipinski definition) is 4. The van der Waals surface area contributed by atoms with Crippen LogP contribution in [0.2, 0.25) is 0 Å². The minimum absolute atomic E-state index is 0.0566. The Morgan fingerprint density at radius 1 is 1.41 bits per heavy atom. The first-order valence-corrected chi connectivity index (χ1v) is 6.17. The van der Waals surface area contributed by atoms with Gasteiger partial charge in [-0.05, 0) is 18.2 Å². The average Bonchev–Trinajstić information content (AvgIpc) is 2.20. The Morgan fingerprint density at radius 3 is 2.59 bits per heavy atom. The van der Waals surface area contributed by atoms with Crippen molar-refractivity contribution in [3.63, 3.8) is 0 Å². The Hall–Kier alpha value is -1.80. The second-order valence-electron chi connectivity index (χ2n) is 3.14. The summed E-state index contributed by atoms with van der Waals surface area (Å²) in [5.74, 6) is -1.77. The van der Waals surface area contributed by atoms with Crippen molar-refractivity contribution in [1.29, 1.82) is 0 Å². The molecule has 1 aromatic carbocycles. The Labute approximate surface area is 98.3 Å². The molecular weight excluding hydrogens is 248 g/mol. The summed E-state index contributed by atoms with van der Waals surface area (Å²) in [5, 5.41) is 18.0. The summed E-state index contributed by atoms with van der Waals surface area (Å²) in [6.07, 6.45) is 0. The van der Waals surface area contributed by atoms with Crippen LogP contribution < -0.4 is 9.44 Å². The lowest BCUT2D eigenvalue weighted by Crippen LogP contribution is -2.29. The average molecular weight is 260 g/mol. The topological polar surface area (TPSA) is 116 Å². The fraction of sp³-hybridized carbons (Fsp3) is 0.222. The molecule has 0 amide bonds. The van der Waals surface area contributed by atoms with E-state index < -0.39 is 21.9 Å². The van der Waals surface area contributed by atoms with Gasteiger partial charge in [0, 0.05) is 6.54 Å². The van der Waals surface area contributed by atoms with E-state index in [4.69, 9.17) is 5.11 Å². The van der Waals surface area contributed by atoms with Gasteiger partial charge < -0.3 is 10.2 Å². The van der Waals surface area contributed by atoms with E-state index in [1.54, 1.807) is 6.92 Å². The Kier molecular flexibility index (Phi) is 3.92. The van der Waals surface area contributed by atoms with Crippen molar-refractivity contribution in [3.8, 4) is 5.75 Å². The van der Waals surface area contributed by atoms with E-state index in [9.17, 15) is 18.3 Å². The molecule has 0 aliphatic carbocycles. The van der Waals surface area contributed by atoms with Gasteiger partial charge in [-0.15, -0.1) is 0 Å². The number of carboxylic acids is 1. The maximum atomic E-state index is 11.3. The van der Waals surface area contributed by atoms with Gasteiger partial charge in [0.15, 0.2) is 0 Å². The van der Waals surface area contributed by atoms with E-state index in [-0.39, 0.29) is 17.8 Å². The molecule has 0 saturated carbocycles. The molecule has 0 saturated heterocycles. The number of phenols is 1. The van der Waals surface area contributed by atoms with Gasteiger partial charge in [0.25, 0.3) is 10.2 Å². The molecule has 0 unspecified atom stereocenters. The molecule has 1 aromatic rings. The van der Waals surface area contributed by atoms with Gasteiger partial charge in [-0.2, -0.15) is 13.1 Å². The molecule has 94 valence electrons. The van der Waals surface area contributed by atoms with Crippen molar-refractivity contribution in [2.75, 3.05) is 11.3 Å². The standard InChI is InChI=1S/C9H12N2O5S/c1-2-10-17(15,16)11-6-3-4-8(12)7(5-6)9(13)14/h3-5,10-12H,2H2,1H3,(H,13,14). The second-order valence-corrected chi connectivity index (χ2v) is 4.64. The van der Waals surface area contributed by atoms with E-state index >= 15 is 0 Å². The zero-order valence-corrected chi connectivity index (χ0v) is 9.78. The van der Waals surface area contributed by atoms with Gasteiger partial charge in [0.05, 0.1) is 5.69 Å². The predicted molar refractivity (Wildman–Crippen MR) is 61.3 cm³/mol. The molecule has 17 heavy (non-hydrogen) atoms. The third-order valence-electron chi connectivity index (χ3n) is 1.81. The van der Waals surface area contributed by atoms with Gasteiger partial charge in [-0.1, -0.05) is 6.92 Å². The Balaban J connectivity index is 3.02. The van der Waals surface area contributed by atoms with Crippen molar-refractivity contribution in [1.82, 2.24) is 4.72 Å². The summed E-state index contributed by atoms with van der Waals surface area (Å²) in [6.45, 7) is 1.82. The quantitative estimate of drug-likeness (QED) is 0.570. The lowest BCUT2D eigenvalue weighted by Gasteiger charge is -2.09. The van der Waals surface area contributed by atoms with Crippen LogP contribution in [0.1, 0.15) is 17.3 Å². The number of rotatable bonds is 5. The highest BCUT2D eigenvalue weighted by atomic mass is 32.2. The van der Waals surface area contributed by atoms with Gasteiger partial charge in [-0.3, -0.25) is 4.72 Å². The summed E-state index contributed by atoms with van der Waals surface area (Å²) in [6, 6.07) is 3.40. The van der Waals surface area contributed by atoms with Gasteiger partial charge >= 0.3 is 5.97 Å². The molecule has 7 nitrogen and oxygen atoms in total. The summed E-state index contributed by atoms with van der Waals surface area (Å²) in [4.78, 5) is 10.7. The van der Waals surface area contributed by atoms with Crippen LogP contribution in [0, 0.1) is 0 Å². The largest absolute Gasteiger partial charge is 0.507 e.